The van der Waals surface area contributed by atoms with Crippen molar-refractivity contribution in [3.8, 4) is 0 Å². The van der Waals surface area contributed by atoms with Crippen LogP contribution in [0.5, 0.6) is 0 Å². The molecule has 0 aromatic heterocycles. The van der Waals surface area contributed by atoms with Crippen molar-refractivity contribution in [1.29, 1.82) is 0 Å². The fourth-order valence-corrected chi connectivity index (χ4v) is 1.46. The van der Waals surface area contributed by atoms with Crippen molar-refractivity contribution in [3.63, 3.8) is 0 Å². The van der Waals surface area contributed by atoms with E-state index in [-0.39, 0.29) is 10.6 Å². The zero-order chi connectivity index (χ0) is 11.4. The van der Waals surface area contributed by atoms with Gasteiger partial charge in [0, 0.05) is 24.7 Å². The first-order valence-electron chi connectivity index (χ1n) is 5.40. The largest absolute Gasteiger partial charge is 0.311 e. The Hall–Kier alpha value is -1.68. The van der Waals surface area contributed by atoms with Crippen LogP contribution >= 0.6 is 0 Å². The van der Waals surface area contributed by atoms with Crippen molar-refractivity contribution in [2.45, 2.75) is 18.9 Å². The lowest BCUT2D eigenvalue weighted by atomic mass is 10.2. The molecule has 2 rings (SSSR count). The molecule has 4 nitrogen and oxygen atoms in total. The zero-order valence-electron chi connectivity index (χ0n) is 8.93. The predicted octanol–water partition coefficient (Wildman–Crippen LogP) is 2.36. The van der Waals surface area contributed by atoms with E-state index >= 15 is 0 Å². The van der Waals surface area contributed by atoms with E-state index in [1.165, 1.54) is 18.9 Å². The van der Waals surface area contributed by atoms with E-state index in [1.54, 1.807) is 12.1 Å². The fourth-order valence-electron chi connectivity index (χ4n) is 1.46. The highest BCUT2D eigenvalue weighted by molar-refractivity contribution is 5.53. The number of nitrogens with one attached hydrogen (secondary N) is 1. The molecule has 1 aliphatic rings. The highest BCUT2D eigenvalue weighted by Gasteiger charge is 2.18. The molecule has 1 aromatic carbocycles. The van der Waals surface area contributed by atoms with Gasteiger partial charge in [0.05, 0.1) is 4.92 Å². The zero-order valence-corrected chi connectivity index (χ0v) is 8.93. The number of rotatable bonds is 5. The van der Waals surface area contributed by atoms with Crippen molar-refractivity contribution in [2.24, 2.45) is 0 Å². The standard InChI is InChI=1S/C12H14N2O2/c15-14(16)12-5-1-3-10(9-12)4-2-8-13-11-6-7-11/h1-5,9,11,13H,6-8H2. The van der Waals surface area contributed by atoms with E-state index < -0.39 is 0 Å². The molecule has 16 heavy (non-hydrogen) atoms. The van der Waals surface area contributed by atoms with E-state index in [0.29, 0.717) is 6.04 Å². The summed E-state index contributed by atoms with van der Waals surface area (Å²) in [5.41, 5.74) is 1.00. The average Bonchev–Trinajstić information content (AvgIpc) is 3.09. The van der Waals surface area contributed by atoms with Gasteiger partial charge in [0.25, 0.3) is 5.69 Å². The third-order valence-electron chi connectivity index (χ3n) is 2.49. The highest BCUT2D eigenvalue weighted by Crippen LogP contribution is 2.18. The minimum Gasteiger partial charge on any atom is -0.311 e. The molecule has 1 N–H and O–H groups in total. The molecular formula is C12H14N2O2. The van der Waals surface area contributed by atoms with Gasteiger partial charge in [-0.1, -0.05) is 24.3 Å². The second kappa shape index (κ2) is 4.90. The Kier molecular flexibility index (Phi) is 3.31. The summed E-state index contributed by atoms with van der Waals surface area (Å²) in [4.78, 5) is 10.2. The molecule has 0 unspecified atom stereocenters. The summed E-state index contributed by atoms with van der Waals surface area (Å²) >= 11 is 0. The molecule has 1 aliphatic carbocycles. The Morgan fingerprint density at radius 2 is 2.31 bits per heavy atom. The molecule has 84 valence electrons. The van der Waals surface area contributed by atoms with Gasteiger partial charge in [-0.3, -0.25) is 10.1 Å². The van der Waals surface area contributed by atoms with Gasteiger partial charge in [-0.05, 0) is 18.4 Å². The molecule has 0 atom stereocenters. The van der Waals surface area contributed by atoms with Gasteiger partial charge in [0.1, 0.15) is 0 Å². The van der Waals surface area contributed by atoms with Crippen LogP contribution in [-0.4, -0.2) is 17.5 Å². The highest BCUT2D eigenvalue weighted by atomic mass is 16.6. The van der Waals surface area contributed by atoms with E-state index in [1.807, 2.05) is 18.2 Å². The lowest BCUT2D eigenvalue weighted by molar-refractivity contribution is -0.384. The van der Waals surface area contributed by atoms with Crippen molar-refractivity contribution >= 4 is 11.8 Å². The van der Waals surface area contributed by atoms with Crippen molar-refractivity contribution in [2.75, 3.05) is 6.54 Å². The third kappa shape index (κ3) is 3.17. The molecule has 0 heterocycles. The van der Waals surface area contributed by atoms with Crippen LogP contribution in [0, 0.1) is 10.1 Å². The molecule has 1 saturated carbocycles. The van der Waals surface area contributed by atoms with Gasteiger partial charge in [-0.2, -0.15) is 0 Å². The van der Waals surface area contributed by atoms with Gasteiger partial charge in [-0.15, -0.1) is 0 Å². The van der Waals surface area contributed by atoms with Crippen LogP contribution in [0.25, 0.3) is 6.08 Å². The van der Waals surface area contributed by atoms with Gasteiger partial charge in [-0.25, -0.2) is 0 Å². The molecule has 0 bridgehead atoms. The first-order valence-corrected chi connectivity index (χ1v) is 5.40. The maximum Gasteiger partial charge on any atom is 0.270 e. The normalized spacial score (nSPS) is 15.5. The molecule has 1 aromatic rings. The maximum atomic E-state index is 10.5. The predicted molar refractivity (Wildman–Crippen MR) is 63.2 cm³/mol. The van der Waals surface area contributed by atoms with E-state index in [2.05, 4.69) is 5.32 Å². The van der Waals surface area contributed by atoms with Crippen LogP contribution in [0.4, 0.5) is 5.69 Å². The Morgan fingerprint density at radius 3 is 3.00 bits per heavy atom. The molecular weight excluding hydrogens is 204 g/mol. The second-order valence-corrected chi connectivity index (χ2v) is 3.94. The number of non-ortho nitro benzene ring substituents is 1. The molecule has 4 heteroatoms. The van der Waals surface area contributed by atoms with E-state index in [9.17, 15) is 10.1 Å². The minimum atomic E-state index is -0.375. The summed E-state index contributed by atoms with van der Waals surface area (Å²) in [6, 6.07) is 7.33. The van der Waals surface area contributed by atoms with Crippen LogP contribution in [0.2, 0.25) is 0 Å². The van der Waals surface area contributed by atoms with Crippen LogP contribution in [-0.2, 0) is 0 Å². The first-order chi connectivity index (χ1) is 7.75. The SMILES string of the molecule is O=[N+]([O-])c1cccc(C=CCNC2CC2)c1. The molecule has 1 fully saturated rings. The summed E-state index contributed by atoms with van der Waals surface area (Å²) in [6.45, 7) is 0.827. The second-order valence-electron chi connectivity index (χ2n) is 3.94. The topological polar surface area (TPSA) is 55.2 Å². The summed E-state index contributed by atoms with van der Waals surface area (Å²) in [7, 11) is 0. The van der Waals surface area contributed by atoms with Gasteiger partial charge < -0.3 is 5.32 Å². The number of hydrogen-bond donors (Lipinski definition) is 1. The Morgan fingerprint density at radius 1 is 1.50 bits per heavy atom. The summed E-state index contributed by atoms with van der Waals surface area (Å²) in [5, 5.41) is 13.9. The lowest BCUT2D eigenvalue weighted by Crippen LogP contribution is -2.15. The molecule has 0 amide bonds. The van der Waals surface area contributed by atoms with Crippen LogP contribution in [0.3, 0.4) is 0 Å². The van der Waals surface area contributed by atoms with Crippen molar-refractivity contribution in [1.82, 2.24) is 5.32 Å². The van der Waals surface area contributed by atoms with Gasteiger partial charge in [0.2, 0.25) is 0 Å². The fraction of sp³-hybridized carbons (Fsp3) is 0.333. The number of nitro benzene ring substituents is 1. The average molecular weight is 218 g/mol. The summed E-state index contributed by atoms with van der Waals surface area (Å²) < 4.78 is 0. The third-order valence-corrected chi connectivity index (χ3v) is 2.49. The van der Waals surface area contributed by atoms with Crippen molar-refractivity contribution in [3.05, 3.63) is 46.0 Å². The summed E-state index contributed by atoms with van der Waals surface area (Å²) in [6.07, 6.45) is 6.44. The number of nitrogens with zero attached hydrogens (tertiary/aromatic N) is 1. The molecule has 0 radical (unpaired) electrons. The summed E-state index contributed by atoms with van der Waals surface area (Å²) in [5.74, 6) is 0. The van der Waals surface area contributed by atoms with E-state index in [0.717, 1.165) is 12.1 Å². The first kappa shape index (κ1) is 10.8. The van der Waals surface area contributed by atoms with Crippen LogP contribution < -0.4 is 5.32 Å². The maximum absolute atomic E-state index is 10.5. The number of nitro groups is 1. The molecule has 0 aliphatic heterocycles. The molecule has 0 spiro atoms. The lowest BCUT2D eigenvalue weighted by Gasteiger charge is -1.96. The molecule has 0 saturated heterocycles. The smallest absolute Gasteiger partial charge is 0.270 e. The number of hydrogen-bond acceptors (Lipinski definition) is 3. The minimum absolute atomic E-state index is 0.136. The Bertz CT molecular complexity index is 411. The van der Waals surface area contributed by atoms with Crippen LogP contribution in [0.15, 0.2) is 30.3 Å². The van der Waals surface area contributed by atoms with Crippen LogP contribution in [0.1, 0.15) is 18.4 Å². The monoisotopic (exact) mass is 218 g/mol. The number of benzene rings is 1. The van der Waals surface area contributed by atoms with Crippen molar-refractivity contribution < 1.29 is 4.92 Å². The van der Waals surface area contributed by atoms with Gasteiger partial charge in [0.15, 0.2) is 0 Å². The van der Waals surface area contributed by atoms with E-state index in [4.69, 9.17) is 0 Å². The Balaban J connectivity index is 1.91. The Labute approximate surface area is 94.1 Å². The van der Waals surface area contributed by atoms with Gasteiger partial charge >= 0.3 is 0 Å². The quantitative estimate of drug-likeness (QED) is 0.609.